The lowest BCUT2D eigenvalue weighted by Crippen LogP contribution is -2.60. The van der Waals surface area contributed by atoms with E-state index in [1.54, 1.807) is 0 Å². The van der Waals surface area contributed by atoms with Gasteiger partial charge in [0.1, 0.15) is 5.78 Å². The van der Waals surface area contributed by atoms with Crippen LogP contribution in [0.3, 0.4) is 0 Å². The summed E-state index contributed by atoms with van der Waals surface area (Å²) < 4.78 is 0. The van der Waals surface area contributed by atoms with Gasteiger partial charge in [0.25, 0.3) is 0 Å². The minimum Gasteiger partial charge on any atom is -0.393 e. The Labute approximate surface area is 175 Å². The zero-order valence-electron chi connectivity index (χ0n) is 18.3. The average molecular weight is 403 g/mol. The molecular weight excluding hydrogens is 364 g/mol. The van der Waals surface area contributed by atoms with Gasteiger partial charge in [-0.1, -0.05) is 25.9 Å². The highest BCUT2D eigenvalue weighted by atomic mass is 16.6. The number of ketones is 1. The maximum Gasteiger partial charge on any atom is 0.152 e. The number of aliphatic hydroxyl groups is 1. The third kappa shape index (κ3) is 2.86. The Kier molecular flexibility index (Phi) is 4.86. The van der Waals surface area contributed by atoms with Crippen LogP contribution in [0, 0.1) is 40.4 Å². The first-order chi connectivity index (χ1) is 13.9. The Morgan fingerprint density at radius 3 is 2.66 bits per heavy atom. The fraction of sp³-hybridized carbons (Fsp3) is 0.917. The van der Waals surface area contributed by atoms with Gasteiger partial charge in [-0.3, -0.25) is 4.79 Å². The SMILES string of the molecule is CC[C@H]1/C(=N/OC2CNC2)CC[C@@]2(C)C1[C@@H](O)C[C@@H]1[C@@H]2CC[C@]2(C)C(=O)CC[C@@H]12. The van der Waals surface area contributed by atoms with Gasteiger partial charge in [0.2, 0.25) is 0 Å². The van der Waals surface area contributed by atoms with E-state index >= 15 is 0 Å². The highest BCUT2D eigenvalue weighted by molar-refractivity contribution is 5.88. The molecule has 162 valence electrons. The van der Waals surface area contributed by atoms with Gasteiger partial charge in [-0.25, -0.2) is 0 Å². The summed E-state index contributed by atoms with van der Waals surface area (Å²) in [6.45, 7) is 8.69. The van der Waals surface area contributed by atoms with Crippen LogP contribution in [0.5, 0.6) is 0 Å². The van der Waals surface area contributed by atoms with Crippen molar-refractivity contribution in [3.8, 4) is 0 Å². The standard InChI is InChI=1S/C24H38N2O3/c1-4-15-19(26-29-14-12-25-13-14)8-10-24(3)18-7-9-23(2)17(5-6-21(23)28)16(18)11-20(27)22(15)24/h14-18,20,22,25,27H,4-13H2,1-3H3/b26-19+/t15-,16-,17-,18-,20-,22?,23-,24+/m0/s1. The van der Waals surface area contributed by atoms with Crippen LogP contribution in [0.4, 0.5) is 0 Å². The van der Waals surface area contributed by atoms with E-state index in [-0.39, 0.29) is 29.0 Å². The molecule has 4 aliphatic carbocycles. The molecule has 0 amide bonds. The van der Waals surface area contributed by atoms with Crippen molar-refractivity contribution in [2.75, 3.05) is 13.1 Å². The van der Waals surface area contributed by atoms with Gasteiger partial charge in [-0.15, -0.1) is 0 Å². The summed E-state index contributed by atoms with van der Waals surface area (Å²) in [7, 11) is 0. The predicted octanol–water partition coefficient (Wildman–Crippen LogP) is 3.55. The Morgan fingerprint density at radius 2 is 1.97 bits per heavy atom. The van der Waals surface area contributed by atoms with E-state index in [4.69, 9.17) is 4.84 Å². The molecule has 8 atom stereocenters. The second-order valence-corrected chi connectivity index (χ2v) is 11.1. The normalized spacial score (nSPS) is 51.2. The number of nitrogens with one attached hydrogen (secondary N) is 1. The first-order valence-electron chi connectivity index (χ1n) is 12.0. The molecule has 5 nitrogen and oxygen atoms in total. The molecule has 0 aromatic heterocycles. The number of rotatable bonds is 3. The lowest BCUT2D eigenvalue weighted by Gasteiger charge is -2.62. The van der Waals surface area contributed by atoms with E-state index in [0.29, 0.717) is 29.5 Å². The average Bonchev–Trinajstić information content (AvgIpc) is 2.96. The number of nitrogens with zero attached hydrogens (tertiary/aromatic N) is 1. The van der Waals surface area contributed by atoms with E-state index in [2.05, 4.69) is 31.2 Å². The molecule has 0 aromatic carbocycles. The summed E-state index contributed by atoms with van der Waals surface area (Å²) in [6, 6.07) is 0. The first-order valence-corrected chi connectivity index (χ1v) is 12.0. The number of fused-ring (bicyclic) bond motifs is 5. The van der Waals surface area contributed by atoms with Crippen molar-refractivity contribution >= 4 is 11.5 Å². The number of Topliss-reactive ketones (excluding diaryl/α,β-unsaturated/α-hetero) is 1. The number of carbonyl (C=O) groups is 1. The molecule has 0 spiro atoms. The van der Waals surface area contributed by atoms with Crippen LogP contribution in [0.2, 0.25) is 0 Å². The fourth-order valence-electron chi connectivity index (χ4n) is 8.27. The van der Waals surface area contributed by atoms with E-state index < -0.39 is 0 Å². The lowest BCUT2D eigenvalue weighted by atomic mass is 9.43. The third-order valence-electron chi connectivity index (χ3n) is 9.97. The topological polar surface area (TPSA) is 70.9 Å². The van der Waals surface area contributed by atoms with Crippen LogP contribution in [0.1, 0.15) is 72.1 Å². The quantitative estimate of drug-likeness (QED) is 0.708. The maximum absolute atomic E-state index is 12.7. The highest BCUT2D eigenvalue weighted by Gasteiger charge is 2.63. The fourth-order valence-corrected chi connectivity index (χ4v) is 8.27. The van der Waals surface area contributed by atoms with Crippen LogP contribution in [0.15, 0.2) is 5.16 Å². The molecule has 1 unspecified atom stereocenters. The summed E-state index contributed by atoms with van der Waals surface area (Å²) in [5.41, 5.74) is 1.20. The molecule has 0 bridgehead atoms. The van der Waals surface area contributed by atoms with E-state index in [1.165, 1.54) is 5.71 Å². The number of aliphatic hydroxyl groups excluding tert-OH is 1. The molecule has 29 heavy (non-hydrogen) atoms. The van der Waals surface area contributed by atoms with Gasteiger partial charge < -0.3 is 15.3 Å². The van der Waals surface area contributed by atoms with Crippen LogP contribution in [0.25, 0.3) is 0 Å². The van der Waals surface area contributed by atoms with Gasteiger partial charge >= 0.3 is 0 Å². The smallest absolute Gasteiger partial charge is 0.152 e. The van der Waals surface area contributed by atoms with Crippen molar-refractivity contribution in [2.24, 2.45) is 45.6 Å². The molecular formula is C24H38N2O3. The number of oxime groups is 1. The molecule has 4 saturated carbocycles. The van der Waals surface area contributed by atoms with Gasteiger partial charge in [0.15, 0.2) is 6.10 Å². The molecule has 0 radical (unpaired) electrons. The van der Waals surface area contributed by atoms with Crippen molar-refractivity contribution in [3.05, 3.63) is 0 Å². The number of hydrogen-bond acceptors (Lipinski definition) is 5. The van der Waals surface area contributed by atoms with Crippen molar-refractivity contribution < 1.29 is 14.7 Å². The van der Waals surface area contributed by atoms with Crippen LogP contribution in [-0.2, 0) is 9.63 Å². The first kappa shape index (κ1) is 20.0. The molecule has 1 saturated heterocycles. The zero-order valence-corrected chi connectivity index (χ0v) is 18.3. The molecule has 5 fully saturated rings. The lowest BCUT2D eigenvalue weighted by molar-refractivity contribution is -0.161. The molecule has 1 aliphatic heterocycles. The molecule has 2 N–H and O–H groups in total. The van der Waals surface area contributed by atoms with Crippen molar-refractivity contribution in [1.29, 1.82) is 0 Å². The second kappa shape index (κ2) is 7.05. The summed E-state index contributed by atoms with van der Waals surface area (Å²) in [4.78, 5) is 18.4. The zero-order chi connectivity index (χ0) is 20.4. The Balaban J connectivity index is 1.42. The minimum atomic E-state index is -0.292. The monoisotopic (exact) mass is 402 g/mol. The van der Waals surface area contributed by atoms with Crippen LogP contribution < -0.4 is 5.32 Å². The van der Waals surface area contributed by atoms with E-state index in [9.17, 15) is 9.90 Å². The molecule has 1 heterocycles. The predicted molar refractivity (Wildman–Crippen MR) is 112 cm³/mol. The van der Waals surface area contributed by atoms with Gasteiger partial charge in [0.05, 0.1) is 11.8 Å². The molecule has 5 rings (SSSR count). The highest BCUT2D eigenvalue weighted by Crippen LogP contribution is 2.66. The van der Waals surface area contributed by atoms with Crippen molar-refractivity contribution in [1.82, 2.24) is 5.32 Å². The second-order valence-electron chi connectivity index (χ2n) is 11.1. The van der Waals surface area contributed by atoms with E-state index in [0.717, 1.165) is 64.5 Å². The molecule has 5 aliphatic rings. The van der Waals surface area contributed by atoms with Crippen LogP contribution >= 0.6 is 0 Å². The van der Waals surface area contributed by atoms with Gasteiger partial charge in [0, 0.05) is 30.8 Å². The summed E-state index contributed by atoms with van der Waals surface area (Å²) in [6.07, 6.45) is 7.87. The Morgan fingerprint density at radius 1 is 1.17 bits per heavy atom. The largest absolute Gasteiger partial charge is 0.393 e. The van der Waals surface area contributed by atoms with E-state index in [1.807, 2.05) is 0 Å². The minimum absolute atomic E-state index is 0.125. The maximum atomic E-state index is 12.7. The van der Waals surface area contributed by atoms with Gasteiger partial charge in [-0.05, 0) is 74.0 Å². The van der Waals surface area contributed by atoms with Crippen LogP contribution in [-0.4, -0.2) is 41.9 Å². The molecule has 5 heteroatoms. The van der Waals surface area contributed by atoms with Crippen molar-refractivity contribution in [2.45, 2.75) is 84.3 Å². The van der Waals surface area contributed by atoms with Crippen molar-refractivity contribution in [3.63, 3.8) is 0 Å². The summed E-state index contributed by atoms with van der Waals surface area (Å²) in [5.74, 6) is 2.68. The summed E-state index contributed by atoms with van der Waals surface area (Å²) in [5, 5.41) is 19.3. The number of hydrogen-bond donors (Lipinski definition) is 2. The molecule has 0 aromatic rings. The Hall–Kier alpha value is -0.940. The third-order valence-corrected chi connectivity index (χ3v) is 9.97. The Bertz CT molecular complexity index is 704. The summed E-state index contributed by atoms with van der Waals surface area (Å²) >= 11 is 0. The van der Waals surface area contributed by atoms with Gasteiger partial charge in [-0.2, -0.15) is 0 Å². The number of carbonyl (C=O) groups excluding carboxylic acids is 1.